The Hall–Kier alpha value is -1.07. The average molecular weight is 349 g/mol. The first kappa shape index (κ1) is 18.7. The van der Waals surface area contributed by atoms with Crippen molar-refractivity contribution >= 4 is 5.96 Å². The van der Waals surface area contributed by atoms with E-state index in [9.17, 15) is 0 Å². The first-order chi connectivity index (χ1) is 12.3. The fourth-order valence-corrected chi connectivity index (χ4v) is 4.20. The van der Waals surface area contributed by atoms with Gasteiger partial charge in [0.05, 0.1) is 13.2 Å². The minimum absolute atomic E-state index is 0.781. The van der Waals surface area contributed by atoms with E-state index in [4.69, 9.17) is 9.73 Å². The van der Waals surface area contributed by atoms with Crippen LogP contribution >= 0.6 is 0 Å². The number of guanidine groups is 1. The van der Waals surface area contributed by atoms with Crippen molar-refractivity contribution in [1.29, 1.82) is 0 Å². The number of aliphatic imine (C=N–C) groups is 1. The highest BCUT2D eigenvalue weighted by atomic mass is 16.5. The Bertz CT molecular complexity index is 457. The third-order valence-corrected chi connectivity index (χ3v) is 5.64. The van der Waals surface area contributed by atoms with Crippen molar-refractivity contribution < 1.29 is 4.74 Å². The maximum absolute atomic E-state index is 5.38. The standard InChI is InChI=1S/C20H36N4O/c1-2-21-20(22-10-6-18-8-14-25-15-9-18)24-13-7-19(17-24)16-23-11-4-3-5-12-23/h8,19H,2-7,9-17H2,1H3,(H,21,22). The van der Waals surface area contributed by atoms with E-state index < -0.39 is 0 Å². The van der Waals surface area contributed by atoms with Gasteiger partial charge in [-0.2, -0.15) is 0 Å². The SMILES string of the molecule is CCNC(=NCCC1=CCOCC1)N1CCC(CN2CCCCC2)C1. The lowest BCUT2D eigenvalue weighted by atomic mass is 10.1. The summed E-state index contributed by atoms with van der Waals surface area (Å²) in [6.07, 6.45) is 9.90. The molecular formula is C20H36N4O. The van der Waals surface area contributed by atoms with Gasteiger partial charge in [0.15, 0.2) is 5.96 Å². The molecule has 0 radical (unpaired) electrons. The van der Waals surface area contributed by atoms with E-state index in [2.05, 4.69) is 28.1 Å². The molecule has 0 amide bonds. The Morgan fingerprint density at radius 1 is 1.28 bits per heavy atom. The summed E-state index contributed by atoms with van der Waals surface area (Å²) in [6.45, 7) is 11.9. The van der Waals surface area contributed by atoms with Gasteiger partial charge in [-0.3, -0.25) is 4.99 Å². The highest BCUT2D eigenvalue weighted by Crippen LogP contribution is 2.20. The van der Waals surface area contributed by atoms with E-state index in [1.807, 2.05) is 0 Å². The van der Waals surface area contributed by atoms with E-state index in [1.54, 1.807) is 0 Å². The number of nitrogens with zero attached hydrogens (tertiary/aromatic N) is 3. The van der Waals surface area contributed by atoms with Crippen LogP contribution in [0.25, 0.3) is 0 Å². The Morgan fingerprint density at radius 2 is 2.16 bits per heavy atom. The van der Waals surface area contributed by atoms with Crippen molar-refractivity contribution in [3.8, 4) is 0 Å². The molecule has 0 aromatic heterocycles. The quantitative estimate of drug-likeness (QED) is 0.455. The smallest absolute Gasteiger partial charge is 0.193 e. The van der Waals surface area contributed by atoms with Gasteiger partial charge in [0, 0.05) is 32.7 Å². The van der Waals surface area contributed by atoms with Gasteiger partial charge in [-0.25, -0.2) is 0 Å². The predicted octanol–water partition coefficient (Wildman–Crippen LogP) is 2.50. The molecule has 0 saturated carbocycles. The van der Waals surface area contributed by atoms with Crippen LogP contribution in [-0.4, -0.2) is 74.8 Å². The Balaban J connectivity index is 1.46. The molecule has 2 fully saturated rings. The molecule has 3 aliphatic rings. The van der Waals surface area contributed by atoms with Gasteiger partial charge in [-0.15, -0.1) is 0 Å². The summed E-state index contributed by atoms with van der Waals surface area (Å²) in [5.74, 6) is 1.93. The zero-order valence-electron chi connectivity index (χ0n) is 16.0. The molecule has 2 saturated heterocycles. The molecule has 3 rings (SSSR count). The summed E-state index contributed by atoms with van der Waals surface area (Å²) >= 11 is 0. The molecule has 0 aliphatic carbocycles. The van der Waals surface area contributed by atoms with Crippen LogP contribution in [0.2, 0.25) is 0 Å². The number of rotatable bonds is 6. The summed E-state index contributed by atoms with van der Waals surface area (Å²) in [5.41, 5.74) is 1.51. The maximum Gasteiger partial charge on any atom is 0.193 e. The van der Waals surface area contributed by atoms with Gasteiger partial charge < -0.3 is 19.9 Å². The summed E-state index contributed by atoms with van der Waals surface area (Å²) in [6, 6.07) is 0. The van der Waals surface area contributed by atoms with Crippen LogP contribution < -0.4 is 5.32 Å². The molecule has 3 heterocycles. The van der Waals surface area contributed by atoms with Gasteiger partial charge in [-0.1, -0.05) is 18.1 Å². The number of hydrogen-bond donors (Lipinski definition) is 1. The molecule has 0 aromatic carbocycles. The lowest BCUT2D eigenvalue weighted by molar-refractivity contribution is 0.153. The lowest BCUT2D eigenvalue weighted by Crippen LogP contribution is -2.41. The molecule has 142 valence electrons. The van der Waals surface area contributed by atoms with Gasteiger partial charge in [-0.05, 0) is 58.0 Å². The number of ether oxygens (including phenoxy) is 1. The number of nitrogens with one attached hydrogen (secondary N) is 1. The van der Waals surface area contributed by atoms with Crippen molar-refractivity contribution in [3.63, 3.8) is 0 Å². The fourth-order valence-electron chi connectivity index (χ4n) is 4.20. The van der Waals surface area contributed by atoms with Crippen LogP contribution in [0.3, 0.4) is 0 Å². The van der Waals surface area contributed by atoms with Crippen LogP contribution in [0.5, 0.6) is 0 Å². The molecule has 5 heteroatoms. The monoisotopic (exact) mass is 348 g/mol. The minimum atomic E-state index is 0.781. The van der Waals surface area contributed by atoms with Crippen LogP contribution in [0.15, 0.2) is 16.6 Å². The van der Waals surface area contributed by atoms with Crippen LogP contribution in [0.4, 0.5) is 0 Å². The number of hydrogen-bond acceptors (Lipinski definition) is 3. The highest BCUT2D eigenvalue weighted by molar-refractivity contribution is 5.80. The van der Waals surface area contributed by atoms with E-state index in [0.29, 0.717) is 0 Å². The first-order valence-corrected chi connectivity index (χ1v) is 10.4. The molecule has 25 heavy (non-hydrogen) atoms. The molecule has 0 aromatic rings. The van der Waals surface area contributed by atoms with Crippen LogP contribution in [-0.2, 0) is 4.74 Å². The first-order valence-electron chi connectivity index (χ1n) is 10.4. The second kappa shape index (κ2) is 10.2. The van der Waals surface area contributed by atoms with Crippen molar-refractivity contribution in [2.75, 3.05) is 59.0 Å². The van der Waals surface area contributed by atoms with Crippen LogP contribution in [0, 0.1) is 5.92 Å². The molecule has 0 spiro atoms. The summed E-state index contributed by atoms with van der Waals surface area (Å²) < 4.78 is 5.38. The predicted molar refractivity (Wildman–Crippen MR) is 104 cm³/mol. The average Bonchev–Trinajstić information content (AvgIpc) is 3.11. The third-order valence-electron chi connectivity index (χ3n) is 5.64. The van der Waals surface area contributed by atoms with Crippen LogP contribution in [0.1, 0.15) is 45.4 Å². The Morgan fingerprint density at radius 3 is 2.92 bits per heavy atom. The Labute approximate surface area is 153 Å². The number of likely N-dealkylation sites (tertiary alicyclic amines) is 2. The number of piperidine rings is 1. The lowest BCUT2D eigenvalue weighted by Gasteiger charge is -2.29. The fraction of sp³-hybridized carbons (Fsp3) is 0.850. The van der Waals surface area contributed by atoms with Crippen molar-refractivity contribution in [1.82, 2.24) is 15.1 Å². The second-order valence-electron chi connectivity index (χ2n) is 7.63. The summed E-state index contributed by atoms with van der Waals surface area (Å²) in [7, 11) is 0. The normalized spacial score (nSPS) is 26.0. The van der Waals surface area contributed by atoms with Gasteiger partial charge in [0.1, 0.15) is 0 Å². The van der Waals surface area contributed by atoms with Crippen molar-refractivity contribution in [3.05, 3.63) is 11.6 Å². The van der Waals surface area contributed by atoms with Gasteiger partial charge in [0.2, 0.25) is 0 Å². The summed E-state index contributed by atoms with van der Waals surface area (Å²) in [4.78, 5) is 10.1. The molecular weight excluding hydrogens is 312 g/mol. The minimum Gasteiger partial charge on any atom is -0.377 e. The Kier molecular flexibility index (Phi) is 7.61. The van der Waals surface area contributed by atoms with E-state index in [-0.39, 0.29) is 0 Å². The second-order valence-corrected chi connectivity index (χ2v) is 7.63. The molecule has 1 atom stereocenters. The topological polar surface area (TPSA) is 40.1 Å². The largest absolute Gasteiger partial charge is 0.377 e. The maximum atomic E-state index is 5.38. The molecule has 0 bridgehead atoms. The molecule has 5 nitrogen and oxygen atoms in total. The van der Waals surface area contributed by atoms with Gasteiger partial charge in [0.25, 0.3) is 0 Å². The van der Waals surface area contributed by atoms with E-state index >= 15 is 0 Å². The van der Waals surface area contributed by atoms with Crippen molar-refractivity contribution in [2.45, 2.75) is 45.4 Å². The van der Waals surface area contributed by atoms with Gasteiger partial charge >= 0.3 is 0 Å². The third kappa shape index (κ3) is 6.00. The highest BCUT2D eigenvalue weighted by Gasteiger charge is 2.26. The van der Waals surface area contributed by atoms with E-state index in [1.165, 1.54) is 57.4 Å². The molecule has 1 unspecified atom stereocenters. The molecule has 3 aliphatic heterocycles. The zero-order chi connectivity index (χ0) is 17.3. The molecule has 1 N–H and O–H groups in total. The van der Waals surface area contributed by atoms with E-state index in [0.717, 1.165) is 57.6 Å². The zero-order valence-corrected chi connectivity index (χ0v) is 16.0. The van der Waals surface area contributed by atoms with Crippen molar-refractivity contribution in [2.24, 2.45) is 10.9 Å². The summed E-state index contributed by atoms with van der Waals surface area (Å²) in [5, 5.41) is 3.50.